The van der Waals surface area contributed by atoms with Crippen molar-refractivity contribution in [2.75, 3.05) is 11.9 Å². The minimum Gasteiger partial charge on any atom is -0.451 e. The Kier molecular flexibility index (Phi) is 6.10. The first-order valence-corrected chi connectivity index (χ1v) is 8.86. The minimum atomic E-state index is -0.631. The SMILES string of the molecule is CCc1sc(C(=O)OCC(=O)Nc2cc(C)c(C)cc2[N+](=O)[O-])cc1C. The molecule has 0 aliphatic heterocycles. The first-order chi connectivity index (χ1) is 12.2. The number of aryl methyl sites for hydroxylation is 4. The van der Waals surface area contributed by atoms with Crippen molar-refractivity contribution in [3.05, 3.63) is 54.8 Å². The molecule has 1 aromatic heterocycles. The number of rotatable bonds is 6. The van der Waals surface area contributed by atoms with Crippen molar-refractivity contribution in [3.63, 3.8) is 0 Å². The Bertz CT molecular complexity index is 873. The third-order valence-electron chi connectivity index (χ3n) is 3.96. The largest absolute Gasteiger partial charge is 0.451 e. The van der Waals surface area contributed by atoms with Crippen LogP contribution in [-0.4, -0.2) is 23.4 Å². The van der Waals surface area contributed by atoms with E-state index in [9.17, 15) is 19.7 Å². The lowest BCUT2D eigenvalue weighted by Gasteiger charge is -2.09. The Hall–Kier alpha value is -2.74. The van der Waals surface area contributed by atoms with Crippen LogP contribution in [0.2, 0.25) is 0 Å². The number of carbonyl (C=O) groups is 2. The molecule has 0 aliphatic carbocycles. The molecule has 8 heteroatoms. The number of esters is 1. The van der Waals surface area contributed by atoms with E-state index in [1.165, 1.54) is 23.5 Å². The van der Waals surface area contributed by atoms with E-state index < -0.39 is 23.4 Å². The van der Waals surface area contributed by atoms with E-state index in [-0.39, 0.29) is 11.4 Å². The van der Waals surface area contributed by atoms with E-state index in [1.54, 1.807) is 19.9 Å². The average Bonchev–Trinajstić information content (AvgIpc) is 2.96. The van der Waals surface area contributed by atoms with Crippen molar-refractivity contribution in [2.45, 2.75) is 34.1 Å². The topological polar surface area (TPSA) is 98.5 Å². The van der Waals surface area contributed by atoms with Gasteiger partial charge < -0.3 is 10.1 Å². The fourth-order valence-electron chi connectivity index (χ4n) is 2.41. The average molecular weight is 376 g/mol. The Morgan fingerprint density at radius 1 is 1.15 bits per heavy atom. The first kappa shape index (κ1) is 19.6. The predicted molar refractivity (Wildman–Crippen MR) is 99.9 cm³/mol. The molecule has 0 saturated heterocycles. The molecule has 0 atom stereocenters. The Labute approximate surface area is 155 Å². The zero-order valence-corrected chi connectivity index (χ0v) is 15.9. The van der Waals surface area contributed by atoms with Gasteiger partial charge in [0.25, 0.3) is 11.6 Å². The third kappa shape index (κ3) is 4.45. The monoisotopic (exact) mass is 376 g/mol. The van der Waals surface area contributed by atoms with E-state index in [1.807, 2.05) is 13.8 Å². The van der Waals surface area contributed by atoms with Crippen molar-refractivity contribution in [3.8, 4) is 0 Å². The number of nitro benzene ring substituents is 1. The van der Waals surface area contributed by atoms with Crippen LogP contribution in [0.3, 0.4) is 0 Å². The van der Waals surface area contributed by atoms with Crippen LogP contribution in [0.4, 0.5) is 11.4 Å². The summed E-state index contributed by atoms with van der Waals surface area (Å²) in [4.78, 5) is 36.2. The number of hydrogen-bond donors (Lipinski definition) is 1. The van der Waals surface area contributed by atoms with Crippen molar-refractivity contribution >= 4 is 34.6 Å². The molecule has 7 nitrogen and oxygen atoms in total. The van der Waals surface area contributed by atoms with Crippen LogP contribution in [0.1, 0.15) is 38.2 Å². The van der Waals surface area contributed by atoms with E-state index in [4.69, 9.17) is 4.74 Å². The highest BCUT2D eigenvalue weighted by Gasteiger charge is 2.19. The molecular weight excluding hydrogens is 356 g/mol. The zero-order valence-electron chi connectivity index (χ0n) is 15.0. The third-order valence-corrected chi connectivity index (χ3v) is 5.32. The number of thiophene rings is 1. The van der Waals surface area contributed by atoms with Gasteiger partial charge in [-0.05, 0) is 56.0 Å². The number of nitrogens with one attached hydrogen (secondary N) is 1. The second-order valence-electron chi connectivity index (χ2n) is 5.91. The summed E-state index contributed by atoms with van der Waals surface area (Å²) in [5.41, 5.74) is 2.46. The van der Waals surface area contributed by atoms with Gasteiger partial charge in [-0.3, -0.25) is 14.9 Å². The summed E-state index contributed by atoms with van der Waals surface area (Å²) in [6.45, 7) is 6.94. The van der Waals surface area contributed by atoms with Crippen molar-refractivity contribution < 1.29 is 19.2 Å². The molecule has 26 heavy (non-hydrogen) atoms. The van der Waals surface area contributed by atoms with Gasteiger partial charge in [0.05, 0.1) is 4.92 Å². The molecule has 0 aliphatic rings. The molecule has 0 saturated carbocycles. The van der Waals surface area contributed by atoms with Crippen LogP contribution in [0.25, 0.3) is 0 Å². The Balaban J connectivity index is 2.04. The molecular formula is C18H20N2O5S. The molecule has 1 amide bonds. The molecule has 0 bridgehead atoms. The molecule has 0 unspecified atom stereocenters. The van der Waals surface area contributed by atoms with Gasteiger partial charge in [0.1, 0.15) is 10.6 Å². The lowest BCUT2D eigenvalue weighted by molar-refractivity contribution is -0.384. The highest BCUT2D eigenvalue weighted by Crippen LogP contribution is 2.28. The van der Waals surface area contributed by atoms with Crippen LogP contribution < -0.4 is 5.32 Å². The maximum absolute atomic E-state index is 12.1. The summed E-state index contributed by atoms with van der Waals surface area (Å²) >= 11 is 1.34. The van der Waals surface area contributed by atoms with Crippen LogP contribution >= 0.6 is 11.3 Å². The fourth-order valence-corrected chi connectivity index (χ4v) is 3.42. The molecule has 1 N–H and O–H groups in total. The van der Waals surface area contributed by atoms with Crippen LogP contribution in [-0.2, 0) is 16.0 Å². The first-order valence-electron chi connectivity index (χ1n) is 8.04. The number of ether oxygens (including phenoxy) is 1. The smallest absolute Gasteiger partial charge is 0.348 e. The van der Waals surface area contributed by atoms with E-state index in [2.05, 4.69) is 5.32 Å². The molecule has 1 aromatic carbocycles. The molecule has 0 spiro atoms. The van der Waals surface area contributed by atoms with Crippen LogP contribution in [0.5, 0.6) is 0 Å². The molecule has 0 fully saturated rings. The van der Waals surface area contributed by atoms with Gasteiger partial charge in [0, 0.05) is 10.9 Å². The highest BCUT2D eigenvalue weighted by atomic mass is 32.1. The van der Waals surface area contributed by atoms with Crippen molar-refractivity contribution in [1.82, 2.24) is 0 Å². The highest BCUT2D eigenvalue weighted by molar-refractivity contribution is 7.14. The Morgan fingerprint density at radius 2 is 1.81 bits per heavy atom. The van der Waals surface area contributed by atoms with Gasteiger partial charge in [-0.2, -0.15) is 0 Å². The number of nitrogens with zero attached hydrogens (tertiary/aromatic N) is 1. The molecule has 0 radical (unpaired) electrons. The van der Waals surface area contributed by atoms with Crippen molar-refractivity contribution in [2.24, 2.45) is 0 Å². The number of carbonyl (C=O) groups excluding carboxylic acids is 2. The molecule has 1 heterocycles. The summed E-state index contributed by atoms with van der Waals surface area (Å²) in [6.07, 6.45) is 0.820. The maximum atomic E-state index is 12.1. The number of amides is 1. The molecule has 2 rings (SSSR count). The van der Waals surface area contributed by atoms with Gasteiger partial charge >= 0.3 is 5.97 Å². The second kappa shape index (κ2) is 8.09. The van der Waals surface area contributed by atoms with Gasteiger partial charge in [0.2, 0.25) is 0 Å². The van der Waals surface area contributed by atoms with Gasteiger partial charge in [-0.15, -0.1) is 11.3 Å². The number of benzene rings is 1. The lowest BCUT2D eigenvalue weighted by Crippen LogP contribution is -2.21. The standard InChI is InChI=1S/C18H20N2O5S/c1-5-15-12(4)8-16(26-15)18(22)25-9-17(21)19-13-6-10(2)11(3)7-14(13)20(23)24/h6-8H,5,9H2,1-4H3,(H,19,21). The summed E-state index contributed by atoms with van der Waals surface area (Å²) in [5, 5.41) is 13.6. The van der Waals surface area contributed by atoms with Crippen LogP contribution in [0.15, 0.2) is 18.2 Å². The van der Waals surface area contributed by atoms with E-state index in [0.29, 0.717) is 4.88 Å². The summed E-state index contributed by atoms with van der Waals surface area (Å²) < 4.78 is 5.02. The lowest BCUT2D eigenvalue weighted by atomic mass is 10.1. The number of nitro groups is 1. The fraction of sp³-hybridized carbons (Fsp3) is 0.333. The zero-order chi connectivity index (χ0) is 19.4. The maximum Gasteiger partial charge on any atom is 0.348 e. The van der Waals surface area contributed by atoms with E-state index >= 15 is 0 Å². The van der Waals surface area contributed by atoms with Crippen LogP contribution in [0, 0.1) is 30.9 Å². The quantitative estimate of drug-likeness (QED) is 0.468. The molecule has 138 valence electrons. The summed E-state index contributed by atoms with van der Waals surface area (Å²) in [5.74, 6) is -1.21. The van der Waals surface area contributed by atoms with Crippen molar-refractivity contribution in [1.29, 1.82) is 0 Å². The summed E-state index contributed by atoms with van der Waals surface area (Å²) in [7, 11) is 0. The minimum absolute atomic E-state index is 0.0828. The van der Waals surface area contributed by atoms with E-state index in [0.717, 1.165) is 28.0 Å². The second-order valence-corrected chi connectivity index (χ2v) is 7.04. The van der Waals surface area contributed by atoms with Gasteiger partial charge in [-0.1, -0.05) is 6.92 Å². The normalized spacial score (nSPS) is 10.5. The number of hydrogen-bond acceptors (Lipinski definition) is 6. The Morgan fingerprint density at radius 3 is 2.38 bits per heavy atom. The van der Waals surface area contributed by atoms with Gasteiger partial charge in [0.15, 0.2) is 6.61 Å². The number of anilines is 1. The molecule has 2 aromatic rings. The predicted octanol–water partition coefficient (Wildman–Crippen LogP) is 3.94. The van der Waals surface area contributed by atoms with Gasteiger partial charge in [-0.25, -0.2) is 4.79 Å². The summed E-state index contributed by atoms with van der Waals surface area (Å²) in [6, 6.07) is 4.67.